The quantitative estimate of drug-likeness (QED) is 0.293. The maximum absolute atomic E-state index is 11.8. The average Bonchev–Trinajstić information content (AvgIpc) is 2.67. The molecule has 1 rings (SSSR count). The van der Waals surface area contributed by atoms with E-state index in [1.165, 1.54) is 62.8 Å². The molecule has 6 heteroatoms. The highest BCUT2D eigenvalue weighted by Crippen LogP contribution is 2.29. The summed E-state index contributed by atoms with van der Waals surface area (Å²) >= 11 is 0. The SMILES string of the molecule is CCCCCCCCCCCC[C@H](C(=O)O)[C@@](O)(Cc1ccc(O)cc1)C(=O)O. The van der Waals surface area contributed by atoms with Gasteiger partial charge in [-0.25, -0.2) is 4.79 Å². The summed E-state index contributed by atoms with van der Waals surface area (Å²) in [5.74, 6) is -4.20. The van der Waals surface area contributed by atoms with Crippen LogP contribution in [0.4, 0.5) is 0 Å². The minimum Gasteiger partial charge on any atom is -0.508 e. The number of aliphatic carboxylic acids is 2. The van der Waals surface area contributed by atoms with Gasteiger partial charge in [0.1, 0.15) is 5.75 Å². The van der Waals surface area contributed by atoms with Gasteiger partial charge in [-0.05, 0) is 24.1 Å². The largest absolute Gasteiger partial charge is 0.508 e. The third-order valence-corrected chi connectivity index (χ3v) is 5.50. The van der Waals surface area contributed by atoms with Crippen LogP contribution in [0.5, 0.6) is 5.75 Å². The standard InChI is InChI=1S/C23H36O6/c1-2-3-4-5-6-7-8-9-10-11-12-20(21(25)26)23(29,22(27)28)17-18-13-15-19(24)16-14-18/h13-16,20,24,29H,2-12,17H2,1H3,(H,25,26)(H,27,28)/t20-,23+/m1/s1. The third kappa shape index (κ3) is 8.86. The molecule has 0 bridgehead atoms. The van der Waals surface area contributed by atoms with Gasteiger partial charge in [0.25, 0.3) is 0 Å². The summed E-state index contributed by atoms with van der Waals surface area (Å²) in [6, 6.07) is 5.75. The first kappa shape index (κ1) is 25.0. The van der Waals surface area contributed by atoms with E-state index in [0.29, 0.717) is 12.0 Å². The van der Waals surface area contributed by atoms with Crippen molar-refractivity contribution in [2.24, 2.45) is 5.92 Å². The lowest BCUT2D eigenvalue weighted by molar-refractivity contribution is -0.174. The zero-order valence-electron chi connectivity index (χ0n) is 17.5. The minimum atomic E-state index is -2.39. The Bertz CT molecular complexity index is 612. The third-order valence-electron chi connectivity index (χ3n) is 5.50. The van der Waals surface area contributed by atoms with E-state index in [1.807, 2.05) is 0 Å². The molecular weight excluding hydrogens is 372 g/mol. The molecule has 6 nitrogen and oxygen atoms in total. The van der Waals surface area contributed by atoms with Crippen LogP contribution in [0.25, 0.3) is 0 Å². The van der Waals surface area contributed by atoms with Gasteiger partial charge in [0.05, 0.1) is 5.92 Å². The molecule has 0 radical (unpaired) electrons. The van der Waals surface area contributed by atoms with E-state index in [0.717, 1.165) is 19.3 Å². The molecule has 0 aliphatic carbocycles. The molecule has 0 heterocycles. The molecule has 0 saturated carbocycles. The monoisotopic (exact) mass is 408 g/mol. The second kappa shape index (κ2) is 13.2. The summed E-state index contributed by atoms with van der Waals surface area (Å²) in [7, 11) is 0. The Kier molecular flexibility index (Phi) is 11.4. The normalized spacial score (nSPS) is 14.3. The summed E-state index contributed by atoms with van der Waals surface area (Å²) in [6.45, 7) is 2.19. The number of phenolic OH excluding ortho intramolecular Hbond substituents is 1. The molecule has 29 heavy (non-hydrogen) atoms. The molecule has 0 unspecified atom stereocenters. The Labute approximate surface area is 173 Å². The van der Waals surface area contributed by atoms with Gasteiger partial charge in [0.2, 0.25) is 0 Å². The number of benzene rings is 1. The van der Waals surface area contributed by atoms with Crippen LogP contribution in [0.1, 0.15) is 83.1 Å². The molecule has 0 aliphatic rings. The van der Waals surface area contributed by atoms with Crippen LogP contribution in [0.2, 0.25) is 0 Å². The predicted octanol–water partition coefficient (Wildman–Crippen LogP) is 4.76. The van der Waals surface area contributed by atoms with Gasteiger partial charge in [-0.15, -0.1) is 0 Å². The number of aromatic hydroxyl groups is 1. The number of rotatable bonds is 16. The summed E-state index contributed by atoms with van der Waals surface area (Å²) < 4.78 is 0. The van der Waals surface area contributed by atoms with Crippen molar-refractivity contribution in [1.29, 1.82) is 0 Å². The van der Waals surface area contributed by atoms with Crippen LogP contribution in [0.3, 0.4) is 0 Å². The lowest BCUT2D eigenvalue weighted by atomic mass is 9.79. The highest BCUT2D eigenvalue weighted by Gasteiger charge is 2.47. The van der Waals surface area contributed by atoms with Gasteiger partial charge in [0.15, 0.2) is 5.60 Å². The zero-order chi connectivity index (χ0) is 21.7. The molecule has 0 aromatic heterocycles. The molecule has 0 saturated heterocycles. The molecule has 164 valence electrons. The van der Waals surface area contributed by atoms with Crippen LogP contribution in [0, 0.1) is 5.92 Å². The Morgan fingerprint density at radius 2 is 1.34 bits per heavy atom. The molecule has 1 aromatic rings. The van der Waals surface area contributed by atoms with Gasteiger partial charge in [0, 0.05) is 6.42 Å². The maximum Gasteiger partial charge on any atom is 0.336 e. The first-order valence-electron chi connectivity index (χ1n) is 10.8. The average molecular weight is 409 g/mol. The first-order chi connectivity index (χ1) is 13.8. The van der Waals surface area contributed by atoms with Gasteiger partial charge < -0.3 is 20.4 Å². The number of carbonyl (C=O) groups is 2. The van der Waals surface area contributed by atoms with Gasteiger partial charge >= 0.3 is 11.9 Å². The fraction of sp³-hybridized carbons (Fsp3) is 0.652. The van der Waals surface area contributed by atoms with Crippen molar-refractivity contribution in [3.05, 3.63) is 29.8 Å². The van der Waals surface area contributed by atoms with Crippen LogP contribution in [0.15, 0.2) is 24.3 Å². The van der Waals surface area contributed by atoms with E-state index in [9.17, 15) is 30.0 Å². The van der Waals surface area contributed by atoms with Crippen molar-refractivity contribution in [2.75, 3.05) is 0 Å². The number of carboxylic acid groups (broad SMARTS) is 2. The number of hydrogen-bond donors (Lipinski definition) is 4. The molecule has 0 amide bonds. The summed E-state index contributed by atoms with van der Waals surface area (Å²) in [5.41, 5.74) is -1.93. The minimum absolute atomic E-state index is 0.0211. The fourth-order valence-electron chi connectivity index (χ4n) is 3.68. The predicted molar refractivity (Wildman–Crippen MR) is 112 cm³/mol. The van der Waals surface area contributed by atoms with Crippen molar-refractivity contribution >= 4 is 11.9 Å². The van der Waals surface area contributed by atoms with Crippen molar-refractivity contribution in [3.63, 3.8) is 0 Å². The smallest absolute Gasteiger partial charge is 0.336 e. The molecule has 1 aromatic carbocycles. The van der Waals surface area contributed by atoms with Crippen LogP contribution >= 0.6 is 0 Å². The van der Waals surface area contributed by atoms with E-state index in [-0.39, 0.29) is 18.6 Å². The van der Waals surface area contributed by atoms with E-state index < -0.39 is 23.5 Å². The van der Waals surface area contributed by atoms with E-state index in [2.05, 4.69) is 6.92 Å². The number of hydrogen-bond acceptors (Lipinski definition) is 4. The first-order valence-corrected chi connectivity index (χ1v) is 10.8. The lowest BCUT2D eigenvalue weighted by Crippen LogP contribution is -2.51. The van der Waals surface area contributed by atoms with E-state index >= 15 is 0 Å². The number of phenols is 1. The van der Waals surface area contributed by atoms with Gasteiger partial charge in [-0.1, -0.05) is 83.3 Å². The van der Waals surface area contributed by atoms with Crippen LogP contribution in [-0.2, 0) is 16.0 Å². The summed E-state index contributed by atoms with van der Waals surface area (Å²) in [6.07, 6.45) is 10.7. The molecule has 0 aliphatic heterocycles. The summed E-state index contributed by atoms with van der Waals surface area (Å²) in [5, 5.41) is 39.2. The van der Waals surface area contributed by atoms with E-state index in [4.69, 9.17) is 0 Å². The lowest BCUT2D eigenvalue weighted by Gasteiger charge is -2.30. The second-order valence-corrected chi connectivity index (χ2v) is 7.93. The number of aliphatic hydroxyl groups is 1. The molecule has 2 atom stereocenters. The zero-order valence-corrected chi connectivity index (χ0v) is 17.5. The topological polar surface area (TPSA) is 115 Å². The van der Waals surface area contributed by atoms with E-state index in [1.54, 1.807) is 0 Å². The highest BCUT2D eigenvalue weighted by molar-refractivity contribution is 5.86. The van der Waals surface area contributed by atoms with Crippen molar-refractivity contribution in [2.45, 2.75) is 89.6 Å². The van der Waals surface area contributed by atoms with Crippen LogP contribution in [-0.4, -0.2) is 38.0 Å². The number of carboxylic acids is 2. The van der Waals surface area contributed by atoms with Crippen LogP contribution < -0.4 is 0 Å². The Morgan fingerprint density at radius 1 is 0.862 bits per heavy atom. The number of unbranched alkanes of at least 4 members (excludes halogenated alkanes) is 9. The summed E-state index contributed by atoms with van der Waals surface area (Å²) in [4.78, 5) is 23.5. The van der Waals surface area contributed by atoms with Gasteiger partial charge in [-0.2, -0.15) is 0 Å². The van der Waals surface area contributed by atoms with Gasteiger partial charge in [-0.3, -0.25) is 4.79 Å². The molecule has 4 N–H and O–H groups in total. The van der Waals surface area contributed by atoms with Crippen molar-refractivity contribution in [1.82, 2.24) is 0 Å². The molecular formula is C23H36O6. The van der Waals surface area contributed by atoms with Crippen molar-refractivity contribution < 1.29 is 30.0 Å². The molecule has 0 spiro atoms. The molecule has 0 fully saturated rings. The Hall–Kier alpha value is -2.08. The maximum atomic E-state index is 11.8. The highest BCUT2D eigenvalue weighted by atomic mass is 16.4. The fourth-order valence-corrected chi connectivity index (χ4v) is 3.68. The Morgan fingerprint density at radius 3 is 1.79 bits per heavy atom. The Balaban J connectivity index is 2.52. The second-order valence-electron chi connectivity index (χ2n) is 7.93. The van der Waals surface area contributed by atoms with Crippen molar-refractivity contribution in [3.8, 4) is 5.75 Å².